The first-order chi connectivity index (χ1) is 23.8. The standard InChI is InChI=1S/C38H59N5O7S/c1-11-51(49,50)42-31-20-29(19-30(21-31)38(48)43(10)27(9)28-15-13-12-14-16-28)36(46)40-32(17-23(2)3)33(44)18-26(8)35(45)41-34(25(6)7)37(47)39-22-24(4)5/h12-16,19-21,23-27,32-34,42,44H,11,17-18,22H2,1-10H3,(H,39,47)(H,40,46)(H,41,45). The fourth-order valence-corrected chi connectivity index (χ4v) is 6.10. The summed E-state index contributed by atoms with van der Waals surface area (Å²) in [6.07, 6.45) is -0.756. The van der Waals surface area contributed by atoms with Gasteiger partial charge in [-0.05, 0) is 68.2 Å². The number of anilines is 1. The molecule has 0 aromatic heterocycles. The minimum Gasteiger partial charge on any atom is -0.391 e. The Morgan fingerprint density at radius 3 is 1.96 bits per heavy atom. The highest BCUT2D eigenvalue weighted by Crippen LogP contribution is 2.24. The molecule has 5 N–H and O–H groups in total. The summed E-state index contributed by atoms with van der Waals surface area (Å²) in [5.41, 5.74) is 1.08. The number of hydrogen-bond donors (Lipinski definition) is 5. The Morgan fingerprint density at radius 2 is 1.41 bits per heavy atom. The molecule has 5 atom stereocenters. The molecule has 0 radical (unpaired) electrons. The van der Waals surface area contributed by atoms with E-state index in [0.717, 1.165) is 5.56 Å². The molecule has 13 heteroatoms. The minimum atomic E-state index is -3.75. The van der Waals surface area contributed by atoms with E-state index >= 15 is 0 Å². The van der Waals surface area contributed by atoms with Crippen LogP contribution in [-0.2, 0) is 19.6 Å². The third-order valence-corrected chi connectivity index (χ3v) is 10.1. The van der Waals surface area contributed by atoms with E-state index in [0.29, 0.717) is 13.0 Å². The summed E-state index contributed by atoms with van der Waals surface area (Å²) in [7, 11) is -2.11. The predicted octanol–water partition coefficient (Wildman–Crippen LogP) is 4.73. The Balaban J connectivity index is 2.34. The highest BCUT2D eigenvalue weighted by Gasteiger charge is 2.31. The Labute approximate surface area is 304 Å². The molecule has 284 valence electrons. The van der Waals surface area contributed by atoms with Crippen LogP contribution in [-0.4, -0.2) is 79.6 Å². The number of sulfonamides is 1. The summed E-state index contributed by atoms with van der Waals surface area (Å²) in [6, 6.07) is 11.7. The molecular weight excluding hydrogens is 671 g/mol. The van der Waals surface area contributed by atoms with Crippen molar-refractivity contribution < 1.29 is 32.7 Å². The van der Waals surface area contributed by atoms with Gasteiger partial charge in [-0.25, -0.2) is 8.42 Å². The van der Waals surface area contributed by atoms with Crippen LogP contribution in [0, 0.1) is 23.7 Å². The molecule has 0 spiro atoms. The van der Waals surface area contributed by atoms with Crippen LogP contribution in [0.2, 0.25) is 0 Å². The van der Waals surface area contributed by atoms with Crippen LogP contribution in [0.3, 0.4) is 0 Å². The first-order valence-corrected chi connectivity index (χ1v) is 19.5. The maximum absolute atomic E-state index is 13.8. The molecule has 4 amide bonds. The van der Waals surface area contributed by atoms with Crippen molar-refractivity contribution in [2.75, 3.05) is 24.1 Å². The lowest BCUT2D eigenvalue weighted by molar-refractivity contribution is -0.132. The van der Waals surface area contributed by atoms with Crippen molar-refractivity contribution in [2.45, 2.75) is 99.4 Å². The van der Waals surface area contributed by atoms with Gasteiger partial charge >= 0.3 is 0 Å². The van der Waals surface area contributed by atoms with Crippen molar-refractivity contribution in [3.8, 4) is 0 Å². The van der Waals surface area contributed by atoms with E-state index in [1.165, 1.54) is 30.0 Å². The van der Waals surface area contributed by atoms with Crippen LogP contribution in [0.15, 0.2) is 48.5 Å². The average molecular weight is 730 g/mol. The Bertz CT molecular complexity index is 1580. The number of amides is 4. The summed E-state index contributed by atoms with van der Waals surface area (Å²) in [5, 5.41) is 19.9. The van der Waals surface area contributed by atoms with Crippen molar-refractivity contribution in [3.05, 3.63) is 65.2 Å². The van der Waals surface area contributed by atoms with E-state index in [2.05, 4.69) is 20.7 Å². The van der Waals surface area contributed by atoms with Crippen molar-refractivity contribution in [2.24, 2.45) is 23.7 Å². The van der Waals surface area contributed by atoms with E-state index in [1.807, 2.05) is 78.8 Å². The van der Waals surface area contributed by atoms with Gasteiger partial charge in [-0.2, -0.15) is 0 Å². The van der Waals surface area contributed by atoms with Gasteiger partial charge in [-0.1, -0.05) is 78.8 Å². The molecule has 12 nitrogen and oxygen atoms in total. The lowest BCUT2D eigenvalue weighted by atomic mass is 9.91. The third-order valence-electron chi connectivity index (χ3n) is 8.76. The first kappa shape index (κ1) is 43.2. The van der Waals surface area contributed by atoms with Crippen LogP contribution in [0.5, 0.6) is 0 Å². The molecule has 0 aliphatic carbocycles. The molecule has 0 bridgehead atoms. The van der Waals surface area contributed by atoms with Gasteiger partial charge in [0.15, 0.2) is 0 Å². The SMILES string of the molecule is CCS(=O)(=O)Nc1cc(C(=O)NC(CC(C)C)C(O)CC(C)C(=O)NC(C(=O)NCC(C)C)C(C)C)cc(C(=O)N(C)C(C)c2ccccc2)c1. The monoisotopic (exact) mass is 729 g/mol. The third kappa shape index (κ3) is 13.6. The number of rotatable bonds is 19. The molecule has 0 aliphatic heterocycles. The van der Waals surface area contributed by atoms with Crippen LogP contribution in [0.25, 0.3) is 0 Å². The smallest absolute Gasteiger partial charge is 0.254 e. The second-order valence-corrected chi connectivity index (χ2v) is 16.6. The normalized spacial score (nSPS) is 14.7. The van der Waals surface area contributed by atoms with Gasteiger partial charge in [0.25, 0.3) is 11.8 Å². The summed E-state index contributed by atoms with van der Waals surface area (Å²) in [4.78, 5) is 55.0. The highest BCUT2D eigenvalue weighted by molar-refractivity contribution is 7.92. The summed E-state index contributed by atoms with van der Waals surface area (Å²) in [6.45, 7) is 17.0. The zero-order valence-corrected chi connectivity index (χ0v) is 32.6. The number of benzene rings is 2. The molecule has 0 heterocycles. The van der Waals surface area contributed by atoms with Crippen molar-refractivity contribution in [1.29, 1.82) is 0 Å². The van der Waals surface area contributed by atoms with Crippen molar-refractivity contribution >= 4 is 39.3 Å². The van der Waals surface area contributed by atoms with Crippen LogP contribution >= 0.6 is 0 Å². The molecule has 2 rings (SSSR count). The Hall–Kier alpha value is -3.97. The Morgan fingerprint density at radius 1 is 0.804 bits per heavy atom. The van der Waals surface area contributed by atoms with Crippen molar-refractivity contribution in [1.82, 2.24) is 20.9 Å². The number of aliphatic hydroxyl groups excluding tert-OH is 1. The second kappa shape index (κ2) is 19.6. The number of nitrogens with zero attached hydrogens (tertiary/aromatic N) is 1. The van der Waals surface area contributed by atoms with Gasteiger partial charge < -0.3 is 26.0 Å². The number of hydrogen-bond acceptors (Lipinski definition) is 7. The van der Waals surface area contributed by atoms with E-state index in [1.54, 1.807) is 14.0 Å². The topological polar surface area (TPSA) is 174 Å². The molecule has 0 saturated heterocycles. The van der Waals surface area contributed by atoms with Gasteiger partial charge in [-0.15, -0.1) is 0 Å². The van der Waals surface area contributed by atoms with E-state index in [4.69, 9.17) is 0 Å². The fraction of sp³-hybridized carbons (Fsp3) is 0.579. The molecule has 51 heavy (non-hydrogen) atoms. The maximum Gasteiger partial charge on any atom is 0.254 e. The van der Waals surface area contributed by atoms with Gasteiger partial charge in [0, 0.05) is 30.6 Å². The van der Waals surface area contributed by atoms with E-state index in [-0.39, 0.29) is 58.7 Å². The highest BCUT2D eigenvalue weighted by atomic mass is 32.2. The van der Waals surface area contributed by atoms with Crippen LogP contribution in [0.4, 0.5) is 5.69 Å². The van der Waals surface area contributed by atoms with Crippen LogP contribution < -0.4 is 20.7 Å². The van der Waals surface area contributed by atoms with E-state index in [9.17, 15) is 32.7 Å². The minimum absolute atomic E-state index is 0.00414. The van der Waals surface area contributed by atoms with Crippen molar-refractivity contribution in [3.63, 3.8) is 0 Å². The van der Waals surface area contributed by atoms with Crippen LogP contribution in [0.1, 0.15) is 107 Å². The molecule has 2 aromatic carbocycles. The molecular formula is C38H59N5O7S. The summed E-state index contributed by atoms with van der Waals surface area (Å²) in [5.74, 6) is -2.48. The molecule has 2 aromatic rings. The lowest BCUT2D eigenvalue weighted by Crippen LogP contribution is -2.52. The zero-order valence-electron chi connectivity index (χ0n) is 31.8. The zero-order chi connectivity index (χ0) is 38.6. The number of nitrogens with one attached hydrogen (secondary N) is 4. The van der Waals surface area contributed by atoms with Gasteiger partial charge in [0.1, 0.15) is 6.04 Å². The predicted molar refractivity (Wildman–Crippen MR) is 202 cm³/mol. The molecule has 0 saturated carbocycles. The van der Waals surface area contributed by atoms with E-state index < -0.39 is 51.9 Å². The van der Waals surface area contributed by atoms with Gasteiger partial charge in [0.2, 0.25) is 21.8 Å². The first-order valence-electron chi connectivity index (χ1n) is 17.8. The molecule has 5 unspecified atom stereocenters. The average Bonchev–Trinajstić information content (AvgIpc) is 3.07. The lowest BCUT2D eigenvalue weighted by Gasteiger charge is -2.29. The summed E-state index contributed by atoms with van der Waals surface area (Å²) < 4.78 is 27.5. The molecule has 0 fully saturated rings. The number of aliphatic hydroxyl groups is 1. The summed E-state index contributed by atoms with van der Waals surface area (Å²) >= 11 is 0. The molecule has 0 aliphatic rings. The van der Waals surface area contributed by atoms with Gasteiger partial charge in [0.05, 0.1) is 29.6 Å². The second-order valence-electron chi connectivity index (χ2n) is 14.6. The quantitative estimate of drug-likeness (QED) is 0.139. The Kier molecular flexibility index (Phi) is 16.6. The largest absolute Gasteiger partial charge is 0.391 e. The fourth-order valence-electron chi connectivity index (χ4n) is 5.48. The van der Waals surface area contributed by atoms with Gasteiger partial charge in [-0.3, -0.25) is 23.9 Å². The number of carbonyl (C=O) groups is 4. The number of carbonyl (C=O) groups excluding carboxylic acids is 4. The maximum atomic E-state index is 13.8.